The first-order chi connectivity index (χ1) is 9.11. The number of amides is 2. The van der Waals surface area contributed by atoms with Crippen molar-refractivity contribution in [2.24, 2.45) is 11.8 Å². The second-order valence-corrected chi connectivity index (χ2v) is 5.04. The van der Waals surface area contributed by atoms with Gasteiger partial charge in [0.1, 0.15) is 0 Å². The van der Waals surface area contributed by atoms with Gasteiger partial charge in [0.2, 0.25) is 5.91 Å². The van der Waals surface area contributed by atoms with Crippen molar-refractivity contribution in [2.75, 3.05) is 13.1 Å². The zero-order chi connectivity index (χ0) is 13.8. The van der Waals surface area contributed by atoms with Crippen LogP contribution < -0.4 is 11.3 Å². The van der Waals surface area contributed by atoms with Crippen LogP contribution in [-0.2, 0) is 4.79 Å². The van der Waals surface area contributed by atoms with E-state index in [0.717, 1.165) is 12.8 Å². The Hall–Kier alpha value is -1.59. The van der Waals surface area contributed by atoms with Crippen molar-refractivity contribution >= 4 is 23.4 Å². The van der Waals surface area contributed by atoms with Crippen LogP contribution in [0.3, 0.4) is 0 Å². The molecule has 0 radical (unpaired) electrons. The zero-order valence-corrected chi connectivity index (χ0v) is 11.2. The number of rotatable bonds is 2. The maximum Gasteiger partial charge on any atom is 0.253 e. The molecular formula is C13H16ClN3O2. The number of benzene rings is 1. The highest BCUT2D eigenvalue weighted by molar-refractivity contribution is 6.30. The molecule has 102 valence electrons. The third kappa shape index (κ3) is 3.24. The average molecular weight is 282 g/mol. The number of nitrogens with two attached hydrogens (primary N) is 1. The smallest absolute Gasteiger partial charge is 0.253 e. The molecule has 1 fully saturated rings. The van der Waals surface area contributed by atoms with Crippen molar-refractivity contribution in [3.05, 3.63) is 34.9 Å². The first-order valence-corrected chi connectivity index (χ1v) is 6.55. The normalized spacial score (nSPS) is 19.1. The van der Waals surface area contributed by atoms with E-state index in [1.807, 2.05) is 0 Å². The van der Waals surface area contributed by atoms with Gasteiger partial charge < -0.3 is 4.90 Å². The van der Waals surface area contributed by atoms with Crippen molar-refractivity contribution < 1.29 is 9.59 Å². The molecule has 0 aliphatic carbocycles. The molecule has 5 nitrogen and oxygen atoms in total. The van der Waals surface area contributed by atoms with E-state index in [4.69, 9.17) is 17.4 Å². The molecule has 1 aliphatic rings. The van der Waals surface area contributed by atoms with Gasteiger partial charge in [0, 0.05) is 23.7 Å². The number of nitrogens with zero attached hydrogens (tertiary/aromatic N) is 1. The second kappa shape index (κ2) is 6.04. The lowest BCUT2D eigenvalue weighted by molar-refractivity contribution is -0.126. The van der Waals surface area contributed by atoms with Crippen LogP contribution in [0.1, 0.15) is 23.2 Å². The summed E-state index contributed by atoms with van der Waals surface area (Å²) >= 11 is 5.79. The van der Waals surface area contributed by atoms with Crippen LogP contribution in [0.15, 0.2) is 24.3 Å². The van der Waals surface area contributed by atoms with Crippen LogP contribution in [0, 0.1) is 5.92 Å². The number of hydrogen-bond acceptors (Lipinski definition) is 3. The molecule has 2 amide bonds. The number of hydrazine groups is 1. The molecule has 1 saturated heterocycles. The van der Waals surface area contributed by atoms with Gasteiger partial charge in [0.15, 0.2) is 0 Å². The standard InChI is InChI=1S/C13H16ClN3O2/c14-11-5-3-9(4-6-11)13(19)17-7-1-2-10(8-17)12(18)16-15/h3-6,10H,1-2,7-8,15H2,(H,16,18). The van der Waals surface area contributed by atoms with E-state index >= 15 is 0 Å². The van der Waals surface area contributed by atoms with Crippen LogP contribution in [0.4, 0.5) is 0 Å². The molecule has 0 spiro atoms. The van der Waals surface area contributed by atoms with Crippen molar-refractivity contribution in [2.45, 2.75) is 12.8 Å². The molecule has 0 bridgehead atoms. The van der Waals surface area contributed by atoms with Gasteiger partial charge in [0.25, 0.3) is 5.91 Å². The Balaban J connectivity index is 2.06. The minimum atomic E-state index is -0.227. The molecule has 6 heteroatoms. The molecule has 2 rings (SSSR count). The Kier molecular flexibility index (Phi) is 4.39. The van der Waals surface area contributed by atoms with E-state index in [2.05, 4.69) is 5.43 Å². The first-order valence-electron chi connectivity index (χ1n) is 6.17. The fraction of sp³-hybridized carbons (Fsp3) is 0.385. The molecule has 19 heavy (non-hydrogen) atoms. The maximum absolute atomic E-state index is 12.3. The summed E-state index contributed by atoms with van der Waals surface area (Å²) in [5.41, 5.74) is 2.73. The van der Waals surface area contributed by atoms with Crippen LogP contribution in [-0.4, -0.2) is 29.8 Å². The largest absolute Gasteiger partial charge is 0.338 e. The van der Waals surface area contributed by atoms with E-state index in [9.17, 15) is 9.59 Å². The lowest BCUT2D eigenvalue weighted by Gasteiger charge is -2.31. The van der Waals surface area contributed by atoms with Gasteiger partial charge in [-0.05, 0) is 37.1 Å². The number of piperidine rings is 1. The van der Waals surface area contributed by atoms with E-state index in [0.29, 0.717) is 23.7 Å². The van der Waals surface area contributed by atoms with Crippen molar-refractivity contribution in [1.29, 1.82) is 0 Å². The zero-order valence-electron chi connectivity index (χ0n) is 10.4. The van der Waals surface area contributed by atoms with Gasteiger partial charge in [0.05, 0.1) is 5.92 Å². The quantitative estimate of drug-likeness (QED) is 0.486. The summed E-state index contributed by atoms with van der Waals surface area (Å²) in [5, 5.41) is 0.593. The second-order valence-electron chi connectivity index (χ2n) is 4.61. The van der Waals surface area contributed by atoms with E-state index in [-0.39, 0.29) is 17.7 Å². The molecule has 1 aliphatic heterocycles. The monoisotopic (exact) mass is 281 g/mol. The maximum atomic E-state index is 12.3. The lowest BCUT2D eigenvalue weighted by atomic mass is 9.97. The van der Waals surface area contributed by atoms with Crippen LogP contribution in [0.2, 0.25) is 5.02 Å². The molecule has 0 aromatic heterocycles. The summed E-state index contributed by atoms with van der Waals surface area (Å²) in [4.78, 5) is 25.5. The Morgan fingerprint density at radius 2 is 2.00 bits per heavy atom. The molecule has 1 heterocycles. The SMILES string of the molecule is NNC(=O)C1CCCN(C(=O)c2ccc(Cl)cc2)C1. The van der Waals surface area contributed by atoms with Gasteiger partial charge in [-0.2, -0.15) is 0 Å². The summed E-state index contributed by atoms with van der Waals surface area (Å²) in [5.74, 6) is 4.62. The number of halogens is 1. The number of nitrogens with one attached hydrogen (secondary N) is 1. The van der Waals surface area contributed by atoms with Crippen molar-refractivity contribution in [3.8, 4) is 0 Å². The van der Waals surface area contributed by atoms with Crippen LogP contribution >= 0.6 is 11.6 Å². The fourth-order valence-corrected chi connectivity index (χ4v) is 2.39. The predicted molar refractivity (Wildman–Crippen MR) is 72.4 cm³/mol. The fourth-order valence-electron chi connectivity index (χ4n) is 2.27. The Morgan fingerprint density at radius 3 is 2.63 bits per heavy atom. The number of hydrogen-bond donors (Lipinski definition) is 2. The van der Waals surface area contributed by atoms with Gasteiger partial charge in [-0.15, -0.1) is 0 Å². The predicted octanol–water partition coefficient (Wildman–Crippen LogP) is 1.18. The minimum absolute atomic E-state index is 0.0776. The van der Waals surface area contributed by atoms with Gasteiger partial charge in [-0.3, -0.25) is 15.0 Å². The highest BCUT2D eigenvalue weighted by atomic mass is 35.5. The van der Waals surface area contributed by atoms with E-state index in [1.165, 1.54) is 0 Å². The lowest BCUT2D eigenvalue weighted by Crippen LogP contribution is -2.46. The van der Waals surface area contributed by atoms with Gasteiger partial charge in [-0.1, -0.05) is 11.6 Å². The Morgan fingerprint density at radius 1 is 1.32 bits per heavy atom. The minimum Gasteiger partial charge on any atom is -0.338 e. The molecule has 1 aromatic carbocycles. The first kappa shape index (κ1) is 13.8. The summed E-state index contributed by atoms with van der Waals surface area (Å²) in [6.45, 7) is 1.07. The van der Waals surface area contributed by atoms with Crippen LogP contribution in [0.5, 0.6) is 0 Å². The van der Waals surface area contributed by atoms with E-state index < -0.39 is 0 Å². The van der Waals surface area contributed by atoms with Gasteiger partial charge in [-0.25, -0.2) is 5.84 Å². The molecule has 1 atom stereocenters. The van der Waals surface area contributed by atoms with Crippen LogP contribution in [0.25, 0.3) is 0 Å². The highest BCUT2D eigenvalue weighted by Gasteiger charge is 2.28. The molecule has 1 aromatic rings. The average Bonchev–Trinajstić information content (AvgIpc) is 2.46. The van der Waals surface area contributed by atoms with Gasteiger partial charge >= 0.3 is 0 Å². The number of carbonyl (C=O) groups excluding carboxylic acids is 2. The van der Waals surface area contributed by atoms with E-state index in [1.54, 1.807) is 29.2 Å². The molecule has 3 N–H and O–H groups in total. The third-order valence-electron chi connectivity index (χ3n) is 3.31. The molecule has 0 saturated carbocycles. The third-order valence-corrected chi connectivity index (χ3v) is 3.56. The Labute approximate surface area is 116 Å². The Bertz CT molecular complexity index is 475. The van der Waals surface area contributed by atoms with Crippen molar-refractivity contribution in [1.82, 2.24) is 10.3 Å². The topological polar surface area (TPSA) is 75.4 Å². The number of carbonyl (C=O) groups is 2. The van der Waals surface area contributed by atoms with Crippen molar-refractivity contribution in [3.63, 3.8) is 0 Å². The summed E-state index contributed by atoms with van der Waals surface area (Å²) in [6, 6.07) is 6.75. The summed E-state index contributed by atoms with van der Waals surface area (Å²) in [7, 11) is 0. The molecular weight excluding hydrogens is 266 g/mol. The highest BCUT2D eigenvalue weighted by Crippen LogP contribution is 2.19. The number of likely N-dealkylation sites (tertiary alicyclic amines) is 1. The summed E-state index contributed by atoms with van der Waals surface area (Å²) in [6.07, 6.45) is 1.56. The molecule has 1 unspecified atom stereocenters. The summed E-state index contributed by atoms with van der Waals surface area (Å²) < 4.78 is 0.